The number of phenols is 1. The summed E-state index contributed by atoms with van der Waals surface area (Å²) in [5.74, 6) is 1.42. The van der Waals surface area contributed by atoms with Crippen LogP contribution in [0.25, 0.3) is 10.8 Å². The summed E-state index contributed by atoms with van der Waals surface area (Å²) in [4.78, 5) is 19.5. The Bertz CT molecular complexity index is 823. The van der Waals surface area contributed by atoms with E-state index in [2.05, 4.69) is 4.98 Å². The lowest BCUT2D eigenvalue weighted by molar-refractivity contribution is -0.129. The Morgan fingerprint density at radius 2 is 2.04 bits per heavy atom. The first kappa shape index (κ1) is 16.3. The van der Waals surface area contributed by atoms with Gasteiger partial charge in [0, 0.05) is 13.6 Å². The van der Waals surface area contributed by atoms with Crippen molar-refractivity contribution in [1.82, 2.24) is 9.88 Å². The third kappa shape index (κ3) is 3.65. The summed E-state index contributed by atoms with van der Waals surface area (Å²) >= 11 is 1.55. The van der Waals surface area contributed by atoms with Crippen LogP contribution >= 0.6 is 11.3 Å². The van der Waals surface area contributed by atoms with E-state index in [1.165, 1.54) is 0 Å². The standard InChI is InChI=1S/C18H18N2O3S/c1-12-15(19-18(23-12)16-4-3-9-24-16)10-17(22)20(2)11-13-5-7-14(21)8-6-13/h3-9,21H,10-11H2,1-2H3. The minimum atomic E-state index is -0.0304. The lowest BCUT2D eigenvalue weighted by Gasteiger charge is -2.16. The molecular formula is C18H18N2O3S. The van der Waals surface area contributed by atoms with Gasteiger partial charge < -0.3 is 14.4 Å². The summed E-state index contributed by atoms with van der Waals surface area (Å²) in [6, 6.07) is 10.7. The maximum absolute atomic E-state index is 12.4. The van der Waals surface area contributed by atoms with Gasteiger partial charge in [-0.1, -0.05) is 18.2 Å². The van der Waals surface area contributed by atoms with Gasteiger partial charge >= 0.3 is 0 Å². The van der Waals surface area contributed by atoms with E-state index >= 15 is 0 Å². The number of nitrogens with zero attached hydrogens (tertiary/aromatic N) is 2. The molecule has 0 radical (unpaired) electrons. The van der Waals surface area contributed by atoms with Crippen LogP contribution in [0.4, 0.5) is 0 Å². The lowest BCUT2D eigenvalue weighted by atomic mass is 10.2. The summed E-state index contributed by atoms with van der Waals surface area (Å²) in [5.41, 5.74) is 1.63. The molecule has 2 aromatic heterocycles. The molecule has 1 aromatic carbocycles. The fraction of sp³-hybridized carbons (Fsp3) is 0.222. The molecule has 0 saturated heterocycles. The van der Waals surface area contributed by atoms with Crippen molar-refractivity contribution in [2.45, 2.75) is 19.9 Å². The van der Waals surface area contributed by atoms with Gasteiger partial charge in [0.05, 0.1) is 17.0 Å². The molecule has 0 aliphatic carbocycles. The van der Waals surface area contributed by atoms with Crippen LogP contribution in [0.3, 0.4) is 0 Å². The van der Waals surface area contributed by atoms with Crippen molar-refractivity contribution in [3.05, 3.63) is 58.8 Å². The number of thiophene rings is 1. The highest BCUT2D eigenvalue weighted by Crippen LogP contribution is 2.26. The van der Waals surface area contributed by atoms with Gasteiger partial charge in [0.1, 0.15) is 11.5 Å². The molecule has 24 heavy (non-hydrogen) atoms. The Labute approximate surface area is 144 Å². The molecule has 0 saturated carbocycles. The molecular weight excluding hydrogens is 324 g/mol. The zero-order valence-corrected chi connectivity index (χ0v) is 14.3. The summed E-state index contributed by atoms with van der Waals surface area (Å²) in [7, 11) is 1.75. The molecule has 0 atom stereocenters. The third-order valence-electron chi connectivity index (χ3n) is 3.73. The molecule has 0 spiro atoms. The van der Waals surface area contributed by atoms with Crippen LogP contribution in [0.15, 0.2) is 46.2 Å². The number of likely N-dealkylation sites (N-methyl/N-ethyl adjacent to an activating group) is 1. The molecule has 3 aromatic rings. The first-order chi connectivity index (χ1) is 11.5. The molecule has 124 valence electrons. The first-order valence-electron chi connectivity index (χ1n) is 7.55. The van der Waals surface area contributed by atoms with Crippen LogP contribution < -0.4 is 0 Å². The van der Waals surface area contributed by atoms with E-state index in [-0.39, 0.29) is 18.1 Å². The average Bonchev–Trinajstić information content (AvgIpc) is 3.20. The molecule has 5 nitrogen and oxygen atoms in total. The number of benzene rings is 1. The highest BCUT2D eigenvalue weighted by atomic mass is 32.1. The number of carbonyl (C=O) groups excluding carboxylic acids is 1. The van der Waals surface area contributed by atoms with Crippen LogP contribution in [-0.4, -0.2) is 27.9 Å². The van der Waals surface area contributed by atoms with Crippen molar-refractivity contribution in [2.24, 2.45) is 0 Å². The van der Waals surface area contributed by atoms with Gasteiger partial charge in [-0.2, -0.15) is 0 Å². The number of aryl methyl sites for hydroxylation is 1. The molecule has 0 bridgehead atoms. The van der Waals surface area contributed by atoms with Crippen molar-refractivity contribution in [1.29, 1.82) is 0 Å². The lowest BCUT2D eigenvalue weighted by Crippen LogP contribution is -2.28. The highest BCUT2D eigenvalue weighted by Gasteiger charge is 2.17. The second-order valence-electron chi connectivity index (χ2n) is 5.59. The topological polar surface area (TPSA) is 66.6 Å². The predicted molar refractivity (Wildman–Crippen MR) is 92.8 cm³/mol. The van der Waals surface area contributed by atoms with Gasteiger partial charge in [-0.25, -0.2) is 4.98 Å². The van der Waals surface area contributed by atoms with E-state index in [4.69, 9.17) is 4.42 Å². The normalized spacial score (nSPS) is 10.8. The maximum Gasteiger partial charge on any atom is 0.236 e. The molecule has 1 N–H and O–H groups in total. The minimum absolute atomic E-state index is 0.0304. The smallest absolute Gasteiger partial charge is 0.236 e. The minimum Gasteiger partial charge on any atom is -0.508 e. The van der Waals surface area contributed by atoms with Crippen LogP contribution in [0.5, 0.6) is 5.75 Å². The second kappa shape index (κ2) is 6.88. The number of carbonyl (C=O) groups is 1. The Hall–Kier alpha value is -2.60. The monoisotopic (exact) mass is 342 g/mol. The number of amides is 1. The van der Waals surface area contributed by atoms with E-state index < -0.39 is 0 Å². The summed E-state index contributed by atoms with van der Waals surface area (Å²) in [6.07, 6.45) is 0.204. The first-order valence-corrected chi connectivity index (χ1v) is 8.43. The second-order valence-corrected chi connectivity index (χ2v) is 6.54. The molecule has 1 amide bonds. The van der Waals surface area contributed by atoms with Gasteiger partial charge in [-0.3, -0.25) is 4.79 Å². The molecule has 2 heterocycles. The largest absolute Gasteiger partial charge is 0.508 e. The Kier molecular flexibility index (Phi) is 4.66. The molecule has 0 aliphatic rings. The Morgan fingerprint density at radius 3 is 2.71 bits per heavy atom. The van der Waals surface area contributed by atoms with E-state index in [0.29, 0.717) is 23.9 Å². The summed E-state index contributed by atoms with van der Waals surface area (Å²) < 4.78 is 5.67. The molecule has 3 rings (SSSR count). The van der Waals surface area contributed by atoms with Crippen LogP contribution in [0.1, 0.15) is 17.0 Å². The molecule has 6 heteroatoms. The number of hydrogen-bond acceptors (Lipinski definition) is 5. The Morgan fingerprint density at radius 1 is 1.29 bits per heavy atom. The van der Waals surface area contributed by atoms with E-state index in [0.717, 1.165) is 10.4 Å². The van der Waals surface area contributed by atoms with Gasteiger partial charge in [-0.15, -0.1) is 11.3 Å². The van der Waals surface area contributed by atoms with Crippen molar-refractivity contribution in [3.8, 4) is 16.5 Å². The summed E-state index contributed by atoms with van der Waals surface area (Å²) in [6.45, 7) is 2.31. The molecule has 0 unspecified atom stereocenters. The molecule has 0 aliphatic heterocycles. The predicted octanol–water partition coefficient (Wildman–Crippen LogP) is 3.62. The average molecular weight is 342 g/mol. The van der Waals surface area contributed by atoms with Gasteiger partial charge in [0.15, 0.2) is 0 Å². The van der Waals surface area contributed by atoms with Crippen LogP contribution in [0.2, 0.25) is 0 Å². The van der Waals surface area contributed by atoms with Crippen molar-refractivity contribution in [2.75, 3.05) is 7.05 Å². The quantitative estimate of drug-likeness (QED) is 0.769. The van der Waals surface area contributed by atoms with Crippen molar-refractivity contribution < 1.29 is 14.3 Å². The zero-order chi connectivity index (χ0) is 17.1. The van der Waals surface area contributed by atoms with E-state index in [1.54, 1.807) is 47.5 Å². The van der Waals surface area contributed by atoms with Crippen LogP contribution in [0, 0.1) is 6.92 Å². The number of aromatic hydroxyl groups is 1. The zero-order valence-electron chi connectivity index (χ0n) is 13.5. The fourth-order valence-electron chi connectivity index (χ4n) is 2.34. The number of aromatic nitrogens is 1. The van der Waals surface area contributed by atoms with Crippen molar-refractivity contribution in [3.63, 3.8) is 0 Å². The van der Waals surface area contributed by atoms with Gasteiger partial charge in [0.2, 0.25) is 11.8 Å². The Balaban J connectivity index is 1.67. The SMILES string of the molecule is Cc1oc(-c2cccs2)nc1CC(=O)N(C)Cc1ccc(O)cc1. The van der Waals surface area contributed by atoms with Crippen LogP contribution in [-0.2, 0) is 17.8 Å². The highest BCUT2D eigenvalue weighted by molar-refractivity contribution is 7.13. The number of oxazole rings is 1. The van der Waals surface area contributed by atoms with E-state index in [9.17, 15) is 9.90 Å². The summed E-state index contributed by atoms with van der Waals surface area (Å²) in [5, 5.41) is 11.3. The van der Waals surface area contributed by atoms with Gasteiger partial charge in [0.25, 0.3) is 0 Å². The number of rotatable bonds is 5. The third-order valence-corrected chi connectivity index (χ3v) is 4.58. The van der Waals surface area contributed by atoms with E-state index in [1.807, 2.05) is 24.4 Å². The van der Waals surface area contributed by atoms with Crippen molar-refractivity contribution >= 4 is 17.2 Å². The fourth-order valence-corrected chi connectivity index (χ4v) is 2.99. The maximum atomic E-state index is 12.4. The molecule has 0 fully saturated rings. The number of phenolic OH excluding ortho intramolecular Hbond substituents is 1. The van der Waals surface area contributed by atoms with Gasteiger partial charge in [-0.05, 0) is 36.1 Å². The number of hydrogen-bond donors (Lipinski definition) is 1.